The highest BCUT2D eigenvalue weighted by Gasteiger charge is 2.31. The topological polar surface area (TPSA) is 67.6 Å². The molecule has 0 aliphatic rings. The van der Waals surface area contributed by atoms with Crippen LogP contribution in [0.15, 0.2) is 0 Å². The van der Waals surface area contributed by atoms with Crippen molar-refractivity contribution in [3.8, 4) is 0 Å². The van der Waals surface area contributed by atoms with Crippen molar-refractivity contribution in [3.05, 3.63) is 0 Å². The SMILES string of the molecule is CNC(C)(CN(CCOC)CC(C)C)C(N)=O. The van der Waals surface area contributed by atoms with Gasteiger partial charge in [0.25, 0.3) is 0 Å². The maximum atomic E-state index is 11.4. The Labute approximate surface area is 105 Å². The van der Waals surface area contributed by atoms with Crippen molar-refractivity contribution in [1.29, 1.82) is 0 Å². The van der Waals surface area contributed by atoms with Gasteiger partial charge in [0.1, 0.15) is 5.54 Å². The van der Waals surface area contributed by atoms with Crippen molar-refractivity contribution >= 4 is 5.91 Å². The van der Waals surface area contributed by atoms with Crippen LogP contribution >= 0.6 is 0 Å². The zero-order valence-electron chi connectivity index (χ0n) is 11.7. The largest absolute Gasteiger partial charge is 0.383 e. The maximum absolute atomic E-state index is 11.4. The molecule has 5 heteroatoms. The van der Waals surface area contributed by atoms with Crippen LogP contribution in [0.2, 0.25) is 0 Å². The minimum absolute atomic E-state index is 0.328. The smallest absolute Gasteiger partial charge is 0.238 e. The minimum Gasteiger partial charge on any atom is -0.383 e. The molecule has 0 radical (unpaired) electrons. The van der Waals surface area contributed by atoms with Crippen LogP contribution in [0.4, 0.5) is 0 Å². The van der Waals surface area contributed by atoms with E-state index in [9.17, 15) is 4.79 Å². The highest BCUT2D eigenvalue weighted by molar-refractivity contribution is 5.84. The molecule has 0 aliphatic heterocycles. The molecule has 1 unspecified atom stereocenters. The number of rotatable bonds is 9. The van der Waals surface area contributed by atoms with E-state index < -0.39 is 5.54 Å². The Morgan fingerprint density at radius 1 is 1.53 bits per heavy atom. The van der Waals surface area contributed by atoms with Gasteiger partial charge in [-0.05, 0) is 19.9 Å². The van der Waals surface area contributed by atoms with Crippen molar-refractivity contribution in [2.75, 3.05) is 40.4 Å². The fraction of sp³-hybridized carbons (Fsp3) is 0.917. The number of amides is 1. The zero-order chi connectivity index (χ0) is 13.5. The number of likely N-dealkylation sites (N-methyl/N-ethyl adjacent to an activating group) is 1. The Hall–Kier alpha value is -0.650. The molecule has 0 bridgehead atoms. The van der Waals surface area contributed by atoms with Gasteiger partial charge in [0, 0.05) is 26.7 Å². The second kappa shape index (κ2) is 7.63. The number of hydrogen-bond acceptors (Lipinski definition) is 4. The molecule has 1 atom stereocenters. The molecule has 3 N–H and O–H groups in total. The first-order valence-corrected chi connectivity index (χ1v) is 6.05. The van der Waals surface area contributed by atoms with Crippen LogP contribution in [-0.2, 0) is 9.53 Å². The van der Waals surface area contributed by atoms with Crippen molar-refractivity contribution in [2.45, 2.75) is 26.3 Å². The van der Waals surface area contributed by atoms with Gasteiger partial charge in [-0.1, -0.05) is 13.8 Å². The Kier molecular flexibility index (Phi) is 7.34. The molecule has 0 aliphatic carbocycles. The standard InChI is InChI=1S/C12H27N3O2/c1-10(2)8-15(6-7-17-5)9-12(3,14-4)11(13)16/h10,14H,6-9H2,1-5H3,(H2,13,16). The van der Waals surface area contributed by atoms with E-state index in [1.807, 2.05) is 6.92 Å². The van der Waals surface area contributed by atoms with E-state index in [1.165, 1.54) is 0 Å². The molecule has 0 heterocycles. The Morgan fingerprint density at radius 2 is 2.12 bits per heavy atom. The summed E-state index contributed by atoms with van der Waals surface area (Å²) in [5.74, 6) is 0.215. The van der Waals surface area contributed by atoms with Gasteiger partial charge in [-0.2, -0.15) is 0 Å². The molecule has 0 saturated heterocycles. The highest BCUT2D eigenvalue weighted by Crippen LogP contribution is 2.08. The predicted molar refractivity (Wildman–Crippen MR) is 69.8 cm³/mol. The van der Waals surface area contributed by atoms with Crippen molar-refractivity contribution in [3.63, 3.8) is 0 Å². The molecule has 0 rings (SSSR count). The lowest BCUT2D eigenvalue weighted by molar-refractivity contribution is -0.124. The van der Waals surface area contributed by atoms with Gasteiger partial charge in [-0.25, -0.2) is 0 Å². The molecule has 5 nitrogen and oxygen atoms in total. The molecule has 17 heavy (non-hydrogen) atoms. The molecule has 0 aromatic rings. The first-order chi connectivity index (χ1) is 7.85. The van der Waals surface area contributed by atoms with Gasteiger partial charge in [0.05, 0.1) is 6.61 Å². The average molecular weight is 245 g/mol. The summed E-state index contributed by atoms with van der Waals surface area (Å²) in [5.41, 5.74) is 4.74. The van der Waals surface area contributed by atoms with E-state index in [2.05, 4.69) is 24.1 Å². The Balaban J connectivity index is 4.52. The number of hydrogen-bond donors (Lipinski definition) is 2. The number of carbonyl (C=O) groups excluding carboxylic acids is 1. The van der Waals surface area contributed by atoms with Gasteiger partial charge in [-0.3, -0.25) is 9.69 Å². The van der Waals surface area contributed by atoms with E-state index in [-0.39, 0.29) is 5.91 Å². The molecular weight excluding hydrogens is 218 g/mol. The van der Waals surface area contributed by atoms with Crippen LogP contribution in [0, 0.1) is 5.92 Å². The lowest BCUT2D eigenvalue weighted by atomic mass is 10.0. The Morgan fingerprint density at radius 3 is 2.47 bits per heavy atom. The summed E-state index contributed by atoms with van der Waals surface area (Å²) < 4.78 is 5.08. The molecule has 102 valence electrons. The number of methoxy groups -OCH3 is 1. The van der Waals surface area contributed by atoms with Gasteiger partial charge < -0.3 is 15.8 Å². The maximum Gasteiger partial charge on any atom is 0.238 e. The normalized spacial score (nSPS) is 15.2. The number of nitrogens with one attached hydrogen (secondary N) is 1. The predicted octanol–water partition coefficient (Wildman–Crippen LogP) is 0.0542. The first kappa shape index (κ1) is 16.4. The van der Waals surface area contributed by atoms with Gasteiger partial charge in [0.15, 0.2) is 0 Å². The molecule has 0 saturated carbocycles. The summed E-state index contributed by atoms with van der Waals surface area (Å²) in [5, 5.41) is 3.00. The summed E-state index contributed by atoms with van der Waals surface area (Å²) in [7, 11) is 3.44. The van der Waals surface area contributed by atoms with Gasteiger partial charge in [-0.15, -0.1) is 0 Å². The van der Waals surface area contributed by atoms with E-state index in [4.69, 9.17) is 10.5 Å². The van der Waals surface area contributed by atoms with Crippen LogP contribution in [0.25, 0.3) is 0 Å². The van der Waals surface area contributed by atoms with E-state index in [0.717, 1.165) is 13.1 Å². The van der Waals surface area contributed by atoms with E-state index in [0.29, 0.717) is 19.1 Å². The van der Waals surface area contributed by atoms with Crippen LogP contribution in [0.3, 0.4) is 0 Å². The third-order valence-corrected chi connectivity index (χ3v) is 2.87. The lowest BCUT2D eigenvalue weighted by Gasteiger charge is -2.33. The average Bonchev–Trinajstić information content (AvgIpc) is 2.24. The van der Waals surface area contributed by atoms with Crippen LogP contribution in [0.5, 0.6) is 0 Å². The summed E-state index contributed by atoms with van der Waals surface area (Å²) in [4.78, 5) is 13.7. The third-order valence-electron chi connectivity index (χ3n) is 2.87. The monoisotopic (exact) mass is 245 g/mol. The zero-order valence-corrected chi connectivity index (χ0v) is 11.7. The molecule has 0 aromatic heterocycles. The number of carbonyl (C=O) groups is 1. The van der Waals surface area contributed by atoms with Crippen LogP contribution < -0.4 is 11.1 Å². The summed E-state index contributed by atoms with van der Waals surface area (Å²) in [6, 6.07) is 0. The quantitative estimate of drug-likeness (QED) is 0.602. The lowest BCUT2D eigenvalue weighted by Crippen LogP contribution is -2.59. The first-order valence-electron chi connectivity index (χ1n) is 6.05. The van der Waals surface area contributed by atoms with Gasteiger partial charge in [0.2, 0.25) is 5.91 Å². The highest BCUT2D eigenvalue weighted by atomic mass is 16.5. The second-order valence-electron chi connectivity index (χ2n) is 5.07. The minimum atomic E-state index is -0.692. The molecule has 0 fully saturated rings. The van der Waals surface area contributed by atoms with Crippen molar-refractivity contribution < 1.29 is 9.53 Å². The number of primary amides is 1. The summed E-state index contributed by atoms with van der Waals surface area (Å²) in [6.45, 7) is 9.12. The molecular formula is C12H27N3O2. The number of nitrogens with zero attached hydrogens (tertiary/aromatic N) is 1. The fourth-order valence-electron chi connectivity index (χ4n) is 1.70. The molecule has 1 amide bonds. The van der Waals surface area contributed by atoms with Crippen LogP contribution in [-0.4, -0.2) is 56.7 Å². The Bertz CT molecular complexity index is 234. The van der Waals surface area contributed by atoms with E-state index >= 15 is 0 Å². The van der Waals surface area contributed by atoms with E-state index in [1.54, 1.807) is 14.2 Å². The van der Waals surface area contributed by atoms with Crippen molar-refractivity contribution in [1.82, 2.24) is 10.2 Å². The van der Waals surface area contributed by atoms with Crippen molar-refractivity contribution in [2.24, 2.45) is 11.7 Å². The summed E-state index contributed by atoms with van der Waals surface area (Å²) in [6.07, 6.45) is 0. The second-order valence-corrected chi connectivity index (χ2v) is 5.07. The van der Waals surface area contributed by atoms with Crippen LogP contribution in [0.1, 0.15) is 20.8 Å². The number of ether oxygens (including phenoxy) is 1. The summed E-state index contributed by atoms with van der Waals surface area (Å²) >= 11 is 0. The molecule has 0 spiro atoms. The number of nitrogens with two attached hydrogens (primary N) is 1. The third kappa shape index (κ3) is 6.00. The fourth-order valence-corrected chi connectivity index (χ4v) is 1.70. The molecule has 0 aromatic carbocycles. The van der Waals surface area contributed by atoms with Gasteiger partial charge >= 0.3 is 0 Å².